The molecular formula is C10H16FN. The van der Waals surface area contributed by atoms with Crippen LogP contribution in [0.1, 0.15) is 1.43 Å². The largest absolute Gasteiger partial charge is 0.382 e. The second-order valence-corrected chi connectivity index (χ2v) is 2.04. The second-order valence-electron chi connectivity index (χ2n) is 2.04. The minimum Gasteiger partial charge on any atom is -0.382 e. The van der Waals surface area contributed by atoms with Gasteiger partial charge in [0.25, 0.3) is 0 Å². The van der Waals surface area contributed by atoms with Crippen LogP contribution in [0.2, 0.25) is 0 Å². The Morgan fingerprint density at radius 3 is 2.50 bits per heavy atom. The van der Waals surface area contributed by atoms with Crippen molar-refractivity contribution in [2.75, 3.05) is 19.0 Å². The molecule has 1 N–H and O–H groups in total. The molecule has 0 heterocycles. The number of hydrogen-bond acceptors (Lipinski definition) is 1. The van der Waals surface area contributed by atoms with Gasteiger partial charge in [-0.25, -0.2) is 0 Å². The van der Waals surface area contributed by atoms with Crippen molar-refractivity contribution in [1.29, 1.82) is 0 Å². The lowest BCUT2D eigenvalue weighted by Gasteiger charge is -2.00. The van der Waals surface area contributed by atoms with Crippen LogP contribution in [-0.4, -0.2) is 13.7 Å². The molecule has 0 atom stereocenters. The molecule has 0 aromatic heterocycles. The number of halogens is 1. The number of hydrogen-bond donors (Lipinski definition) is 1. The summed E-state index contributed by atoms with van der Waals surface area (Å²) in [7, 11) is 0.500. The lowest BCUT2D eigenvalue weighted by atomic mass is 10.3. The first kappa shape index (κ1) is 10.7. The van der Waals surface area contributed by atoms with Crippen molar-refractivity contribution < 1.29 is 5.82 Å². The first-order valence-electron chi connectivity index (χ1n) is 3.71. The van der Waals surface area contributed by atoms with Gasteiger partial charge in [0.05, 0.1) is 7.18 Å². The van der Waals surface area contributed by atoms with Gasteiger partial charge in [-0.1, -0.05) is 24.3 Å². The van der Waals surface area contributed by atoms with E-state index in [0.717, 1.165) is 12.2 Å². The Kier molecular flexibility index (Phi) is 6.94. The summed E-state index contributed by atoms with van der Waals surface area (Å²) in [6.07, 6.45) is 1.84. The van der Waals surface area contributed by atoms with E-state index in [-0.39, 0.29) is 1.43 Å². The standard InChI is InChI=1S/C9H11N.CH3F.H2/c1-2-8-10-9-6-4-3-5-7-9;1-2;/h2-7,10H,1,8H2;1H3;1H. The zero-order valence-electron chi connectivity index (χ0n) is 7.26. The Balaban J connectivity index is 0. The van der Waals surface area contributed by atoms with Crippen LogP contribution in [0.3, 0.4) is 0 Å². The molecule has 1 aromatic carbocycles. The van der Waals surface area contributed by atoms with Gasteiger partial charge in [-0.05, 0) is 12.1 Å². The fraction of sp³-hybridized carbons (Fsp3) is 0.200. The van der Waals surface area contributed by atoms with Crippen LogP contribution in [0.25, 0.3) is 0 Å². The van der Waals surface area contributed by atoms with E-state index in [1.54, 1.807) is 0 Å². The van der Waals surface area contributed by atoms with Crippen LogP contribution in [0.4, 0.5) is 10.1 Å². The summed E-state index contributed by atoms with van der Waals surface area (Å²) < 4.78 is 9.50. The maximum absolute atomic E-state index is 9.50. The van der Waals surface area contributed by atoms with E-state index in [4.69, 9.17) is 0 Å². The number of benzene rings is 1. The molecule has 0 unspecified atom stereocenters. The van der Waals surface area contributed by atoms with Gasteiger partial charge in [0.1, 0.15) is 0 Å². The van der Waals surface area contributed by atoms with Crippen LogP contribution in [0.15, 0.2) is 43.0 Å². The van der Waals surface area contributed by atoms with Crippen molar-refractivity contribution in [3.05, 3.63) is 43.0 Å². The molecule has 0 spiro atoms. The normalized spacial score (nSPS) is 7.83. The molecule has 0 radical (unpaired) electrons. The van der Waals surface area contributed by atoms with Crippen LogP contribution in [-0.2, 0) is 0 Å². The van der Waals surface area contributed by atoms with E-state index < -0.39 is 0 Å². The predicted octanol–water partition coefficient (Wildman–Crippen LogP) is 3.12. The maximum Gasteiger partial charge on any atom is 0.0785 e. The van der Waals surface area contributed by atoms with Crippen molar-refractivity contribution in [2.45, 2.75) is 0 Å². The molecule has 0 aliphatic heterocycles. The Morgan fingerprint density at radius 2 is 2.00 bits per heavy atom. The van der Waals surface area contributed by atoms with E-state index >= 15 is 0 Å². The van der Waals surface area contributed by atoms with Crippen molar-refractivity contribution >= 4 is 5.69 Å². The average Bonchev–Trinajstić information content (AvgIpc) is 2.19. The maximum atomic E-state index is 9.50. The van der Waals surface area contributed by atoms with Crippen molar-refractivity contribution in [1.82, 2.24) is 0 Å². The Hall–Kier alpha value is -1.31. The third-order valence-corrected chi connectivity index (χ3v) is 1.22. The highest BCUT2D eigenvalue weighted by Gasteiger charge is 1.82. The predicted molar refractivity (Wildman–Crippen MR) is 54.3 cm³/mol. The smallest absolute Gasteiger partial charge is 0.0785 e. The third-order valence-electron chi connectivity index (χ3n) is 1.22. The fourth-order valence-electron chi connectivity index (χ4n) is 0.746. The summed E-state index contributed by atoms with van der Waals surface area (Å²) in [6, 6.07) is 10.1. The lowest BCUT2D eigenvalue weighted by molar-refractivity contribution is 0.636. The number of alkyl halides is 1. The molecule has 0 aliphatic rings. The average molecular weight is 169 g/mol. The number of rotatable bonds is 3. The summed E-state index contributed by atoms with van der Waals surface area (Å²) in [4.78, 5) is 0. The molecule has 2 heteroatoms. The summed E-state index contributed by atoms with van der Waals surface area (Å²) >= 11 is 0. The Labute approximate surface area is 74.4 Å². The van der Waals surface area contributed by atoms with Crippen molar-refractivity contribution in [2.24, 2.45) is 0 Å². The SMILES string of the molecule is C=CCNc1ccccc1.CF.[HH]. The Bertz CT molecular complexity index is 201. The van der Waals surface area contributed by atoms with E-state index in [0.29, 0.717) is 7.18 Å². The Morgan fingerprint density at radius 1 is 1.42 bits per heavy atom. The van der Waals surface area contributed by atoms with E-state index in [9.17, 15) is 4.39 Å². The topological polar surface area (TPSA) is 12.0 Å². The van der Waals surface area contributed by atoms with Gasteiger partial charge in [-0.2, -0.15) is 0 Å². The van der Waals surface area contributed by atoms with Crippen LogP contribution < -0.4 is 5.32 Å². The van der Waals surface area contributed by atoms with Crippen molar-refractivity contribution in [3.8, 4) is 0 Å². The van der Waals surface area contributed by atoms with E-state index in [2.05, 4.69) is 11.9 Å². The molecule has 12 heavy (non-hydrogen) atoms. The van der Waals surface area contributed by atoms with Gasteiger partial charge in [0.15, 0.2) is 0 Å². The zero-order valence-corrected chi connectivity index (χ0v) is 7.26. The zero-order chi connectivity index (χ0) is 9.23. The van der Waals surface area contributed by atoms with Crippen LogP contribution >= 0.6 is 0 Å². The number of para-hydroxylation sites is 1. The van der Waals surface area contributed by atoms with Gasteiger partial charge in [-0.15, -0.1) is 6.58 Å². The molecular weight excluding hydrogens is 153 g/mol. The van der Waals surface area contributed by atoms with E-state index in [1.165, 1.54) is 0 Å². The molecule has 0 saturated heterocycles. The molecule has 0 saturated carbocycles. The quantitative estimate of drug-likeness (QED) is 0.685. The van der Waals surface area contributed by atoms with Gasteiger partial charge < -0.3 is 5.32 Å². The number of anilines is 1. The summed E-state index contributed by atoms with van der Waals surface area (Å²) in [5.41, 5.74) is 1.14. The monoisotopic (exact) mass is 169 g/mol. The summed E-state index contributed by atoms with van der Waals surface area (Å²) in [5.74, 6) is 0. The first-order valence-corrected chi connectivity index (χ1v) is 3.71. The highest BCUT2D eigenvalue weighted by atomic mass is 19.1. The first-order chi connectivity index (χ1) is 5.93. The highest BCUT2D eigenvalue weighted by molar-refractivity contribution is 5.42. The van der Waals surface area contributed by atoms with Gasteiger partial charge in [-0.3, -0.25) is 4.39 Å². The summed E-state index contributed by atoms with van der Waals surface area (Å²) in [5, 5.41) is 3.18. The fourth-order valence-corrected chi connectivity index (χ4v) is 0.746. The minimum atomic E-state index is 0. The number of nitrogens with one attached hydrogen (secondary N) is 1. The van der Waals surface area contributed by atoms with Gasteiger partial charge in [0, 0.05) is 13.7 Å². The molecule has 1 nitrogen and oxygen atoms in total. The molecule has 0 bridgehead atoms. The molecule has 0 amide bonds. The molecule has 1 aromatic rings. The summed E-state index contributed by atoms with van der Waals surface area (Å²) in [6.45, 7) is 4.44. The highest BCUT2D eigenvalue weighted by Crippen LogP contribution is 2.03. The molecule has 0 aliphatic carbocycles. The molecule has 1 rings (SSSR count). The van der Waals surface area contributed by atoms with Crippen LogP contribution in [0.5, 0.6) is 0 Å². The lowest BCUT2D eigenvalue weighted by Crippen LogP contribution is -1.96. The van der Waals surface area contributed by atoms with Crippen molar-refractivity contribution in [3.63, 3.8) is 0 Å². The van der Waals surface area contributed by atoms with Gasteiger partial charge >= 0.3 is 0 Å². The molecule has 68 valence electrons. The van der Waals surface area contributed by atoms with Gasteiger partial charge in [0.2, 0.25) is 0 Å². The minimum absolute atomic E-state index is 0. The van der Waals surface area contributed by atoms with E-state index in [1.807, 2.05) is 36.4 Å². The molecule has 0 fully saturated rings. The van der Waals surface area contributed by atoms with Crippen LogP contribution in [0, 0.1) is 0 Å². The third kappa shape index (κ3) is 4.50. The second kappa shape index (κ2) is 7.79.